The lowest BCUT2D eigenvalue weighted by Crippen LogP contribution is -2.35. The summed E-state index contributed by atoms with van der Waals surface area (Å²) >= 11 is 6.27. The van der Waals surface area contributed by atoms with Crippen LogP contribution < -0.4 is 15.4 Å². The Kier molecular flexibility index (Phi) is 7.34. The Balaban J connectivity index is 1.86. The average Bonchev–Trinajstić information content (AvgIpc) is 3.10. The molecule has 0 unspecified atom stereocenters. The van der Waals surface area contributed by atoms with Gasteiger partial charge in [-0.3, -0.25) is 10.1 Å². The highest BCUT2D eigenvalue weighted by atomic mass is 32.1. The molecule has 1 heterocycles. The Morgan fingerprint density at radius 1 is 1.03 bits per heavy atom. The minimum absolute atomic E-state index is 0.150. The Morgan fingerprint density at radius 3 is 2.25 bits per heavy atom. The second kappa shape index (κ2) is 9.82. The minimum atomic E-state index is -1.93. The average molecular weight is 491 g/mol. The normalized spacial score (nSPS) is 12.7. The number of esters is 1. The highest BCUT2D eigenvalue weighted by molar-refractivity contribution is 7.80. The van der Waals surface area contributed by atoms with Gasteiger partial charge in [-0.2, -0.15) is 8.78 Å². The SMILES string of the molecule is CCOC(=O)c1c(NC(=S)NC(=O)c2c(F)c(F)c(OC)c(F)c2F)sc2c1CCCC2. The summed E-state index contributed by atoms with van der Waals surface area (Å²) in [5, 5.41) is 4.52. The molecule has 1 aromatic carbocycles. The van der Waals surface area contributed by atoms with Crippen molar-refractivity contribution in [3.05, 3.63) is 44.8 Å². The van der Waals surface area contributed by atoms with E-state index in [1.165, 1.54) is 11.3 Å². The number of carbonyl (C=O) groups excluding carboxylic acids is 2. The fraction of sp³-hybridized carbons (Fsp3) is 0.350. The van der Waals surface area contributed by atoms with Gasteiger partial charge in [0.2, 0.25) is 11.6 Å². The van der Waals surface area contributed by atoms with E-state index in [-0.39, 0.29) is 12.2 Å². The van der Waals surface area contributed by atoms with Crippen LogP contribution in [0.2, 0.25) is 0 Å². The number of carbonyl (C=O) groups is 2. The zero-order chi connectivity index (χ0) is 23.6. The monoisotopic (exact) mass is 490 g/mol. The molecular formula is C20H18F4N2O4S2. The number of halogens is 4. The first kappa shape index (κ1) is 23.9. The van der Waals surface area contributed by atoms with E-state index in [1.807, 2.05) is 5.32 Å². The fourth-order valence-electron chi connectivity index (χ4n) is 3.36. The third kappa shape index (κ3) is 4.42. The Hall–Kier alpha value is -2.73. The maximum absolute atomic E-state index is 14.2. The number of ether oxygens (including phenoxy) is 2. The van der Waals surface area contributed by atoms with E-state index in [9.17, 15) is 27.2 Å². The van der Waals surface area contributed by atoms with E-state index in [0.717, 1.165) is 36.8 Å². The molecule has 32 heavy (non-hydrogen) atoms. The molecule has 0 bridgehead atoms. The van der Waals surface area contributed by atoms with Gasteiger partial charge in [0.05, 0.1) is 19.3 Å². The Labute approximate surface area is 189 Å². The van der Waals surface area contributed by atoms with Crippen molar-refractivity contribution in [3.63, 3.8) is 0 Å². The van der Waals surface area contributed by atoms with E-state index < -0.39 is 51.6 Å². The van der Waals surface area contributed by atoms with Gasteiger partial charge >= 0.3 is 5.97 Å². The van der Waals surface area contributed by atoms with Gasteiger partial charge in [0, 0.05) is 4.88 Å². The highest BCUT2D eigenvalue weighted by Crippen LogP contribution is 2.38. The van der Waals surface area contributed by atoms with Crippen LogP contribution in [0.5, 0.6) is 5.75 Å². The van der Waals surface area contributed by atoms with Crippen LogP contribution in [0.3, 0.4) is 0 Å². The van der Waals surface area contributed by atoms with E-state index >= 15 is 0 Å². The number of anilines is 1. The molecule has 0 saturated carbocycles. The fourth-order valence-corrected chi connectivity index (χ4v) is 4.90. The lowest BCUT2D eigenvalue weighted by molar-refractivity contribution is 0.0526. The van der Waals surface area contributed by atoms with Crippen LogP contribution >= 0.6 is 23.6 Å². The number of hydrogen-bond donors (Lipinski definition) is 2. The smallest absolute Gasteiger partial charge is 0.341 e. The van der Waals surface area contributed by atoms with Gasteiger partial charge in [0.1, 0.15) is 10.6 Å². The summed E-state index contributed by atoms with van der Waals surface area (Å²) in [6, 6.07) is 0. The van der Waals surface area contributed by atoms with Crippen LogP contribution in [0.25, 0.3) is 0 Å². The van der Waals surface area contributed by atoms with Gasteiger partial charge in [0.15, 0.2) is 22.5 Å². The molecule has 3 rings (SSSR count). The quantitative estimate of drug-likeness (QED) is 0.278. The first-order valence-electron chi connectivity index (χ1n) is 9.55. The van der Waals surface area contributed by atoms with Gasteiger partial charge in [-0.05, 0) is 50.4 Å². The number of fused-ring (bicyclic) bond motifs is 1. The number of thiocarbonyl (C=S) groups is 1. The topological polar surface area (TPSA) is 76.7 Å². The molecule has 2 N–H and O–H groups in total. The number of aryl methyl sites for hydroxylation is 1. The van der Waals surface area contributed by atoms with Crippen molar-refractivity contribution < 1.29 is 36.6 Å². The first-order valence-corrected chi connectivity index (χ1v) is 10.8. The van der Waals surface area contributed by atoms with Crippen molar-refractivity contribution in [1.29, 1.82) is 0 Å². The van der Waals surface area contributed by atoms with Gasteiger partial charge in [-0.25, -0.2) is 13.6 Å². The number of rotatable bonds is 5. The molecule has 172 valence electrons. The number of thiophene rings is 1. The maximum Gasteiger partial charge on any atom is 0.341 e. The molecule has 0 fully saturated rings. The molecule has 0 spiro atoms. The predicted octanol–water partition coefficient (Wildman–Crippen LogP) is 4.50. The lowest BCUT2D eigenvalue weighted by atomic mass is 9.95. The summed E-state index contributed by atoms with van der Waals surface area (Å²) < 4.78 is 65.6. The molecular weight excluding hydrogens is 472 g/mol. The van der Waals surface area contributed by atoms with E-state index in [2.05, 4.69) is 10.1 Å². The number of benzene rings is 1. The van der Waals surface area contributed by atoms with Crippen LogP contribution in [-0.4, -0.2) is 30.7 Å². The molecule has 0 radical (unpaired) electrons. The molecule has 0 atom stereocenters. The summed E-state index contributed by atoms with van der Waals surface area (Å²) in [7, 11) is 0.820. The molecule has 12 heteroatoms. The molecule has 0 aliphatic heterocycles. The third-order valence-corrected chi connectivity index (χ3v) is 6.17. The molecule has 1 aromatic heterocycles. The third-order valence-electron chi connectivity index (χ3n) is 4.76. The molecule has 1 aliphatic carbocycles. The summed E-state index contributed by atoms with van der Waals surface area (Å²) in [5.74, 6) is -11.0. The molecule has 2 aromatic rings. The van der Waals surface area contributed by atoms with Crippen molar-refractivity contribution in [2.24, 2.45) is 0 Å². The second-order valence-electron chi connectivity index (χ2n) is 6.71. The lowest BCUT2D eigenvalue weighted by Gasteiger charge is -2.13. The van der Waals surface area contributed by atoms with Gasteiger partial charge in [-0.15, -0.1) is 11.3 Å². The van der Waals surface area contributed by atoms with Crippen molar-refractivity contribution >= 4 is 45.5 Å². The summed E-state index contributed by atoms with van der Waals surface area (Å²) in [6.45, 7) is 1.81. The second-order valence-corrected chi connectivity index (χ2v) is 8.22. The Morgan fingerprint density at radius 2 is 1.66 bits per heavy atom. The minimum Gasteiger partial charge on any atom is -0.491 e. The molecule has 1 aliphatic rings. The number of nitrogens with one attached hydrogen (secondary N) is 2. The van der Waals surface area contributed by atoms with E-state index in [4.69, 9.17) is 17.0 Å². The van der Waals surface area contributed by atoms with Crippen LogP contribution in [-0.2, 0) is 17.6 Å². The Bertz CT molecular complexity index is 1070. The van der Waals surface area contributed by atoms with Crippen LogP contribution in [0, 0.1) is 23.3 Å². The van der Waals surface area contributed by atoms with Crippen LogP contribution in [0.4, 0.5) is 22.6 Å². The van der Waals surface area contributed by atoms with Crippen molar-refractivity contribution in [3.8, 4) is 5.75 Å². The maximum atomic E-state index is 14.2. The summed E-state index contributed by atoms with van der Waals surface area (Å²) in [5.41, 5.74) is -0.393. The van der Waals surface area contributed by atoms with E-state index in [1.54, 1.807) is 6.92 Å². The summed E-state index contributed by atoms with van der Waals surface area (Å²) in [4.78, 5) is 25.8. The molecule has 6 nitrogen and oxygen atoms in total. The van der Waals surface area contributed by atoms with Gasteiger partial charge in [-0.1, -0.05) is 0 Å². The van der Waals surface area contributed by atoms with Crippen molar-refractivity contribution in [1.82, 2.24) is 5.32 Å². The van der Waals surface area contributed by atoms with Crippen molar-refractivity contribution in [2.75, 3.05) is 19.0 Å². The number of methoxy groups -OCH3 is 1. The zero-order valence-corrected chi connectivity index (χ0v) is 18.6. The van der Waals surface area contributed by atoms with Crippen molar-refractivity contribution in [2.45, 2.75) is 32.6 Å². The van der Waals surface area contributed by atoms with Crippen LogP contribution in [0.15, 0.2) is 0 Å². The number of amides is 1. The highest BCUT2D eigenvalue weighted by Gasteiger charge is 2.31. The van der Waals surface area contributed by atoms with E-state index in [0.29, 0.717) is 11.4 Å². The standard InChI is InChI=1S/C20H18F4N2O4S2/c1-3-30-19(28)10-8-6-4-5-7-9(8)32-18(10)26-20(31)25-17(27)11-12(21)14(23)16(29-2)15(24)13(11)22/h3-7H2,1-2H3,(H2,25,26,27,31). The number of hydrogen-bond acceptors (Lipinski definition) is 6. The first-order chi connectivity index (χ1) is 15.2. The molecule has 0 saturated heterocycles. The van der Waals surface area contributed by atoms with Gasteiger partial charge in [0.25, 0.3) is 5.91 Å². The zero-order valence-electron chi connectivity index (χ0n) is 17.0. The van der Waals surface area contributed by atoms with Gasteiger partial charge < -0.3 is 14.8 Å². The van der Waals surface area contributed by atoms with Crippen LogP contribution in [0.1, 0.15) is 50.9 Å². The summed E-state index contributed by atoms with van der Waals surface area (Å²) in [6.07, 6.45) is 3.27. The largest absolute Gasteiger partial charge is 0.491 e. The predicted molar refractivity (Wildman–Crippen MR) is 113 cm³/mol. The molecule has 1 amide bonds.